The molecule has 23 heavy (non-hydrogen) atoms. The van der Waals surface area contributed by atoms with Gasteiger partial charge in [-0.1, -0.05) is 19.1 Å². The molecule has 3 heteroatoms. The quantitative estimate of drug-likeness (QED) is 0.568. The van der Waals surface area contributed by atoms with Gasteiger partial charge in [0.15, 0.2) is 6.29 Å². The number of allylic oxidation sites excluding steroid dienone is 1. The van der Waals surface area contributed by atoms with Crippen molar-refractivity contribution in [3.63, 3.8) is 0 Å². The zero-order chi connectivity index (χ0) is 16.2. The minimum absolute atomic E-state index is 0.00591. The lowest BCUT2D eigenvalue weighted by molar-refractivity contribution is -0.198. The van der Waals surface area contributed by atoms with Crippen LogP contribution in [0.3, 0.4) is 0 Å². The van der Waals surface area contributed by atoms with Gasteiger partial charge < -0.3 is 14.2 Å². The molecule has 7 atom stereocenters. The molecule has 0 N–H and O–H groups in total. The van der Waals surface area contributed by atoms with Gasteiger partial charge in [0.25, 0.3) is 0 Å². The second-order valence-corrected chi connectivity index (χ2v) is 8.68. The third-order valence-electron chi connectivity index (χ3n) is 7.14. The summed E-state index contributed by atoms with van der Waals surface area (Å²) < 4.78 is 18.8. The minimum Gasteiger partial charge on any atom is -0.360 e. The first-order valence-corrected chi connectivity index (χ1v) is 9.59. The first-order valence-electron chi connectivity index (χ1n) is 9.59. The van der Waals surface area contributed by atoms with Gasteiger partial charge in [0, 0.05) is 6.61 Å². The number of hydrogen-bond donors (Lipinski definition) is 0. The Morgan fingerprint density at radius 1 is 1.22 bits per heavy atom. The fourth-order valence-electron chi connectivity index (χ4n) is 5.69. The lowest BCUT2D eigenvalue weighted by Crippen LogP contribution is -2.41. The summed E-state index contributed by atoms with van der Waals surface area (Å²) in [5.41, 5.74) is 1.29. The van der Waals surface area contributed by atoms with E-state index in [0.29, 0.717) is 17.8 Å². The molecular formula is C20H32O3. The zero-order valence-corrected chi connectivity index (χ0v) is 15.0. The molecule has 4 rings (SSSR count). The Hall–Kier alpha value is -0.380. The van der Waals surface area contributed by atoms with Crippen molar-refractivity contribution in [3.8, 4) is 0 Å². The highest BCUT2D eigenvalue weighted by Crippen LogP contribution is 2.68. The topological polar surface area (TPSA) is 31.0 Å². The predicted octanol–water partition coefficient (Wildman–Crippen LogP) is 4.46. The SMILES string of the molecule is C=C(C)[C@@H]1CCC2(C)OC23C(OC2CCCCO2)C[C@H](C)[C@@H]3C1. The second kappa shape index (κ2) is 5.57. The number of hydrogen-bond acceptors (Lipinski definition) is 3. The molecule has 2 aliphatic heterocycles. The van der Waals surface area contributed by atoms with Crippen LogP contribution >= 0.6 is 0 Å². The van der Waals surface area contributed by atoms with Crippen LogP contribution in [0.4, 0.5) is 0 Å². The van der Waals surface area contributed by atoms with Crippen LogP contribution in [0.1, 0.15) is 65.7 Å². The van der Waals surface area contributed by atoms with E-state index in [0.717, 1.165) is 25.9 Å². The lowest BCUT2D eigenvalue weighted by Gasteiger charge is -2.30. The molecule has 0 aromatic heterocycles. The zero-order valence-electron chi connectivity index (χ0n) is 15.0. The molecule has 2 heterocycles. The monoisotopic (exact) mass is 320 g/mol. The van der Waals surface area contributed by atoms with E-state index in [9.17, 15) is 0 Å². The Balaban J connectivity index is 1.56. The summed E-state index contributed by atoms with van der Waals surface area (Å²) in [4.78, 5) is 0. The second-order valence-electron chi connectivity index (χ2n) is 8.68. The van der Waals surface area contributed by atoms with Gasteiger partial charge in [-0.25, -0.2) is 0 Å². The largest absolute Gasteiger partial charge is 0.360 e. The van der Waals surface area contributed by atoms with Crippen molar-refractivity contribution >= 4 is 0 Å². The van der Waals surface area contributed by atoms with E-state index in [-0.39, 0.29) is 23.6 Å². The number of epoxide rings is 1. The average molecular weight is 320 g/mol. The average Bonchev–Trinajstić information content (AvgIpc) is 3.07. The van der Waals surface area contributed by atoms with Crippen LogP contribution in [0.5, 0.6) is 0 Å². The molecule has 4 aliphatic rings. The Bertz CT molecular complexity index is 483. The molecule has 4 fully saturated rings. The molecule has 0 amide bonds. The van der Waals surface area contributed by atoms with Crippen molar-refractivity contribution in [2.75, 3.05) is 6.61 Å². The fraction of sp³-hybridized carbons (Fsp3) is 0.900. The van der Waals surface area contributed by atoms with Crippen molar-refractivity contribution in [2.24, 2.45) is 17.8 Å². The van der Waals surface area contributed by atoms with Gasteiger partial charge in [-0.15, -0.1) is 0 Å². The van der Waals surface area contributed by atoms with Crippen LogP contribution in [-0.2, 0) is 14.2 Å². The van der Waals surface area contributed by atoms with Gasteiger partial charge in [0.1, 0.15) is 5.60 Å². The summed E-state index contributed by atoms with van der Waals surface area (Å²) in [7, 11) is 0. The Kier molecular flexibility index (Phi) is 3.90. The van der Waals surface area contributed by atoms with Gasteiger partial charge in [0.05, 0.1) is 11.7 Å². The van der Waals surface area contributed by atoms with Gasteiger partial charge >= 0.3 is 0 Å². The summed E-state index contributed by atoms with van der Waals surface area (Å²) in [5.74, 6) is 1.91. The molecule has 0 bridgehead atoms. The number of ether oxygens (including phenoxy) is 3. The van der Waals surface area contributed by atoms with Crippen LogP contribution in [0.2, 0.25) is 0 Å². The van der Waals surface area contributed by atoms with Crippen molar-refractivity contribution in [3.05, 3.63) is 12.2 Å². The van der Waals surface area contributed by atoms with Crippen molar-refractivity contribution in [1.29, 1.82) is 0 Å². The highest BCUT2D eigenvalue weighted by Gasteiger charge is 2.78. The van der Waals surface area contributed by atoms with E-state index in [1.807, 2.05) is 0 Å². The number of rotatable bonds is 3. The van der Waals surface area contributed by atoms with Crippen LogP contribution in [-0.4, -0.2) is 30.2 Å². The normalized spacial score (nSPS) is 52.4. The molecule has 0 aromatic carbocycles. The van der Waals surface area contributed by atoms with Crippen LogP contribution < -0.4 is 0 Å². The van der Waals surface area contributed by atoms with E-state index in [1.165, 1.54) is 31.3 Å². The molecule has 2 saturated carbocycles. The van der Waals surface area contributed by atoms with Gasteiger partial charge in [0.2, 0.25) is 0 Å². The van der Waals surface area contributed by atoms with Crippen molar-refractivity contribution in [2.45, 2.75) is 89.3 Å². The van der Waals surface area contributed by atoms with E-state index >= 15 is 0 Å². The maximum atomic E-state index is 6.50. The summed E-state index contributed by atoms with van der Waals surface area (Å²) in [6.45, 7) is 12.0. The Morgan fingerprint density at radius 2 is 2.04 bits per heavy atom. The maximum Gasteiger partial charge on any atom is 0.158 e. The van der Waals surface area contributed by atoms with Gasteiger partial charge in [-0.05, 0) is 76.5 Å². The van der Waals surface area contributed by atoms with E-state index in [2.05, 4.69) is 27.4 Å². The molecule has 2 saturated heterocycles. The Morgan fingerprint density at radius 3 is 2.74 bits per heavy atom. The third-order valence-corrected chi connectivity index (χ3v) is 7.14. The molecular weight excluding hydrogens is 288 g/mol. The third kappa shape index (κ3) is 2.42. The smallest absolute Gasteiger partial charge is 0.158 e. The van der Waals surface area contributed by atoms with Gasteiger partial charge in [-0.3, -0.25) is 0 Å². The van der Waals surface area contributed by atoms with E-state index in [1.54, 1.807) is 0 Å². The molecule has 0 aromatic rings. The molecule has 3 nitrogen and oxygen atoms in total. The van der Waals surface area contributed by atoms with E-state index < -0.39 is 0 Å². The van der Waals surface area contributed by atoms with Crippen molar-refractivity contribution in [1.82, 2.24) is 0 Å². The van der Waals surface area contributed by atoms with Gasteiger partial charge in [-0.2, -0.15) is 0 Å². The lowest BCUT2D eigenvalue weighted by atomic mass is 9.78. The van der Waals surface area contributed by atoms with Crippen LogP contribution in [0.15, 0.2) is 12.2 Å². The minimum atomic E-state index is -0.0581. The molecule has 130 valence electrons. The Labute approximate surface area is 140 Å². The first kappa shape index (κ1) is 16.1. The molecule has 1 spiro atoms. The highest BCUT2D eigenvalue weighted by molar-refractivity contribution is 5.27. The highest BCUT2D eigenvalue weighted by atomic mass is 16.7. The standard InChI is InChI=1S/C20H32O3/c1-13(2)15-8-9-19(4)20(23-19)16(12-15)14(3)11-17(20)22-18-7-5-6-10-21-18/h14-18H,1,5-12H2,2-4H3/t14-,15+,16-,17?,18?,19?,20?/m0/s1. The first-order chi connectivity index (χ1) is 11.0. The summed E-state index contributed by atoms with van der Waals surface area (Å²) in [5, 5.41) is 0. The van der Waals surface area contributed by atoms with Crippen LogP contribution in [0.25, 0.3) is 0 Å². The van der Waals surface area contributed by atoms with E-state index in [4.69, 9.17) is 14.2 Å². The maximum absolute atomic E-state index is 6.50. The summed E-state index contributed by atoms with van der Waals surface area (Å²) >= 11 is 0. The summed E-state index contributed by atoms with van der Waals surface area (Å²) in [6.07, 6.45) is 8.31. The van der Waals surface area contributed by atoms with Crippen LogP contribution in [0, 0.1) is 17.8 Å². The molecule has 0 radical (unpaired) electrons. The predicted molar refractivity (Wildman–Crippen MR) is 90.1 cm³/mol. The summed E-state index contributed by atoms with van der Waals surface area (Å²) in [6, 6.07) is 0. The molecule has 2 aliphatic carbocycles. The molecule has 4 unspecified atom stereocenters. The van der Waals surface area contributed by atoms with Crippen molar-refractivity contribution < 1.29 is 14.2 Å². The fourth-order valence-corrected chi connectivity index (χ4v) is 5.69.